The third kappa shape index (κ3) is 4.04. The van der Waals surface area contributed by atoms with Crippen molar-refractivity contribution in [1.29, 1.82) is 0 Å². The summed E-state index contributed by atoms with van der Waals surface area (Å²) in [6.07, 6.45) is 7.10. The molecule has 0 aromatic heterocycles. The van der Waals surface area contributed by atoms with Gasteiger partial charge in [0.1, 0.15) is 6.10 Å². The Hall–Kier alpha value is -0.930. The summed E-state index contributed by atoms with van der Waals surface area (Å²) in [5.74, 6) is 2.17. The fourth-order valence-electron chi connectivity index (χ4n) is 3.20. The Labute approximate surface area is 132 Å². The molecule has 2 rings (SSSR count). The minimum atomic E-state index is 0.273. The summed E-state index contributed by atoms with van der Waals surface area (Å²) in [4.78, 5) is 0. The summed E-state index contributed by atoms with van der Waals surface area (Å²) in [6, 6.07) is 3.76. The van der Waals surface area contributed by atoms with Crippen molar-refractivity contribution in [3.63, 3.8) is 0 Å². The van der Waals surface area contributed by atoms with Crippen molar-refractivity contribution in [3.05, 3.63) is 22.7 Å². The molecular weight excluding hydrogens is 286 g/mol. The van der Waals surface area contributed by atoms with Gasteiger partial charge in [-0.25, -0.2) is 0 Å². The smallest absolute Gasteiger partial charge is 0.164 e. The van der Waals surface area contributed by atoms with E-state index in [9.17, 15) is 0 Å². The first-order valence-corrected chi connectivity index (χ1v) is 8.30. The molecule has 0 saturated heterocycles. The van der Waals surface area contributed by atoms with Crippen molar-refractivity contribution in [3.8, 4) is 11.5 Å². The van der Waals surface area contributed by atoms with Crippen LogP contribution in [0.4, 0.5) is 0 Å². The third-order valence-corrected chi connectivity index (χ3v) is 4.58. The summed E-state index contributed by atoms with van der Waals surface area (Å²) >= 11 is 6.16. The SMILES string of the molecule is CCC1CCCCC1Oc1c(CCN)cc(Cl)cc1OC. The zero-order chi connectivity index (χ0) is 15.2. The maximum absolute atomic E-state index is 6.38. The molecule has 3 nitrogen and oxygen atoms in total. The molecule has 0 heterocycles. The van der Waals surface area contributed by atoms with Crippen LogP contribution in [0.3, 0.4) is 0 Å². The van der Waals surface area contributed by atoms with Gasteiger partial charge in [-0.05, 0) is 50.6 Å². The Bertz CT molecular complexity index is 464. The van der Waals surface area contributed by atoms with Crippen LogP contribution in [0.1, 0.15) is 44.6 Å². The second-order valence-electron chi connectivity index (χ2n) is 5.74. The first kappa shape index (κ1) is 16.4. The van der Waals surface area contributed by atoms with E-state index in [-0.39, 0.29) is 6.10 Å². The molecule has 2 atom stereocenters. The van der Waals surface area contributed by atoms with Crippen LogP contribution in [0, 0.1) is 5.92 Å². The highest BCUT2D eigenvalue weighted by atomic mass is 35.5. The first-order valence-electron chi connectivity index (χ1n) is 7.92. The molecule has 21 heavy (non-hydrogen) atoms. The summed E-state index contributed by atoms with van der Waals surface area (Å²) in [5, 5.41) is 0.665. The number of methoxy groups -OCH3 is 1. The monoisotopic (exact) mass is 311 g/mol. The molecule has 0 spiro atoms. The van der Waals surface area contributed by atoms with Crippen LogP contribution < -0.4 is 15.2 Å². The van der Waals surface area contributed by atoms with E-state index in [0.717, 1.165) is 30.6 Å². The second-order valence-corrected chi connectivity index (χ2v) is 6.18. The van der Waals surface area contributed by atoms with Gasteiger partial charge in [0.15, 0.2) is 11.5 Å². The molecule has 2 unspecified atom stereocenters. The lowest BCUT2D eigenvalue weighted by Gasteiger charge is -2.32. The Morgan fingerprint density at radius 3 is 2.71 bits per heavy atom. The van der Waals surface area contributed by atoms with Crippen molar-refractivity contribution in [2.45, 2.75) is 51.6 Å². The molecule has 0 aliphatic heterocycles. The molecule has 0 amide bonds. The Morgan fingerprint density at radius 2 is 2.05 bits per heavy atom. The Morgan fingerprint density at radius 1 is 1.29 bits per heavy atom. The molecule has 1 fully saturated rings. The average molecular weight is 312 g/mol. The summed E-state index contributed by atoms with van der Waals surface area (Å²) < 4.78 is 11.9. The largest absolute Gasteiger partial charge is 0.493 e. The summed E-state index contributed by atoms with van der Waals surface area (Å²) in [7, 11) is 1.66. The van der Waals surface area contributed by atoms with E-state index < -0.39 is 0 Å². The zero-order valence-electron chi connectivity index (χ0n) is 13.0. The molecule has 118 valence electrons. The first-order chi connectivity index (χ1) is 10.2. The van der Waals surface area contributed by atoms with Crippen LogP contribution in [0.2, 0.25) is 5.02 Å². The maximum Gasteiger partial charge on any atom is 0.164 e. The van der Waals surface area contributed by atoms with Gasteiger partial charge in [0, 0.05) is 16.7 Å². The van der Waals surface area contributed by atoms with Crippen molar-refractivity contribution in [2.75, 3.05) is 13.7 Å². The number of hydrogen-bond donors (Lipinski definition) is 1. The highest BCUT2D eigenvalue weighted by Crippen LogP contribution is 2.39. The highest BCUT2D eigenvalue weighted by Gasteiger charge is 2.27. The quantitative estimate of drug-likeness (QED) is 0.856. The number of ether oxygens (including phenoxy) is 2. The number of nitrogens with two attached hydrogens (primary N) is 1. The summed E-state index contributed by atoms with van der Waals surface area (Å²) in [6.45, 7) is 2.81. The van der Waals surface area contributed by atoms with Gasteiger partial charge in [-0.2, -0.15) is 0 Å². The number of rotatable bonds is 6. The van der Waals surface area contributed by atoms with E-state index in [1.54, 1.807) is 7.11 Å². The van der Waals surface area contributed by atoms with Gasteiger partial charge in [-0.3, -0.25) is 0 Å². The topological polar surface area (TPSA) is 44.5 Å². The molecule has 1 saturated carbocycles. The van der Waals surface area contributed by atoms with E-state index in [0.29, 0.717) is 23.2 Å². The Balaban J connectivity index is 2.28. The van der Waals surface area contributed by atoms with E-state index in [2.05, 4.69) is 6.92 Å². The van der Waals surface area contributed by atoms with Gasteiger partial charge < -0.3 is 15.2 Å². The lowest BCUT2D eigenvalue weighted by Crippen LogP contribution is -2.30. The van der Waals surface area contributed by atoms with Gasteiger partial charge in [0.2, 0.25) is 0 Å². The van der Waals surface area contributed by atoms with E-state index in [1.165, 1.54) is 19.3 Å². The fourth-order valence-corrected chi connectivity index (χ4v) is 3.43. The van der Waals surface area contributed by atoms with Crippen LogP contribution in [0.5, 0.6) is 11.5 Å². The fraction of sp³-hybridized carbons (Fsp3) is 0.647. The van der Waals surface area contributed by atoms with Crippen LogP contribution in [0.25, 0.3) is 0 Å². The van der Waals surface area contributed by atoms with Crippen molar-refractivity contribution >= 4 is 11.6 Å². The zero-order valence-corrected chi connectivity index (χ0v) is 13.8. The predicted molar refractivity (Wildman–Crippen MR) is 87.4 cm³/mol. The van der Waals surface area contributed by atoms with Gasteiger partial charge >= 0.3 is 0 Å². The predicted octanol–water partition coefficient (Wildman–Crippen LogP) is 4.20. The van der Waals surface area contributed by atoms with Crippen LogP contribution >= 0.6 is 11.6 Å². The molecule has 1 aliphatic rings. The van der Waals surface area contributed by atoms with E-state index >= 15 is 0 Å². The molecular formula is C17H26ClNO2. The standard InChI is InChI=1S/C17H26ClNO2/c1-3-12-6-4-5-7-15(12)21-17-13(8-9-19)10-14(18)11-16(17)20-2/h10-12,15H,3-9,19H2,1-2H3. The minimum absolute atomic E-state index is 0.273. The number of halogens is 1. The lowest BCUT2D eigenvalue weighted by atomic mass is 9.84. The molecule has 0 bridgehead atoms. The van der Waals surface area contributed by atoms with Gasteiger partial charge in [-0.1, -0.05) is 24.9 Å². The van der Waals surface area contributed by atoms with Gasteiger partial charge in [0.05, 0.1) is 7.11 Å². The van der Waals surface area contributed by atoms with E-state index in [4.69, 9.17) is 26.8 Å². The Kier molecular flexibility index (Phi) is 6.19. The number of hydrogen-bond acceptors (Lipinski definition) is 3. The van der Waals surface area contributed by atoms with E-state index in [1.807, 2.05) is 12.1 Å². The average Bonchev–Trinajstić information content (AvgIpc) is 2.50. The normalized spacial score (nSPS) is 22.1. The molecule has 2 N–H and O–H groups in total. The van der Waals surface area contributed by atoms with Crippen molar-refractivity contribution < 1.29 is 9.47 Å². The summed E-state index contributed by atoms with van der Waals surface area (Å²) in [5.41, 5.74) is 6.76. The van der Waals surface area contributed by atoms with Crippen LogP contribution in [-0.2, 0) is 6.42 Å². The molecule has 1 aromatic rings. The second kappa shape index (κ2) is 7.90. The third-order valence-electron chi connectivity index (χ3n) is 4.36. The maximum atomic E-state index is 6.38. The molecule has 1 aromatic carbocycles. The minimum Gasteiger partial charge on any atom is -0.493 e. The highest BCUT2D eigenvalue weighted by molar-refractivity contribution is 6.30. The molecule has 1 aliphatic carbocycles. The van der Waals surface area contributed by atoms with Crippen molar-refractivity contribution in [2.24, 2.45) is 11.7 Å². The van der Waals surface area contributed by atoms with Crippen LogP contribution in [-0.4, -0.2) is 19.8 Å². The lowest BCUT2D eigenvalue weighted by molar-refractivity contribution is 0.0863. The van der Waals surface area contributed by atoms with Crippen molar-refractivity contribution in [1.82, 2.24) is 0 Å². The van der Waals surface area contributed by atoms with Crippen LogP contribution in [0.15, 0.2) is 12.1 Å². The molecule has 0 radical (unpaired) electrons. The number of benzene rings is 1. The molecule has 4 heteroatoms. The van der Waals surface area contributed by atoms with Gasteiger partial charge in [-0.15, -0.1) is 0 Å². The van der Waals surface area contributed by atoms with Gasteiger partial charge in [0.25, 0.3) is 0 Å².